The molecule has 0 aliphatic carbocycles. The number of hydrogen-bond donors (Lipinski definition) is 3. The van der Waals surface area contributed by atoms with Crippen LogP contribution in [-0.2, 0) is 20.8 Å². The van der Waals surface area contributed by atoms with Crippen LogP contribution >= 0.6 is 0 Å². The Morgan fingerprint density at radius 3 is 2.43 bits per heavy atom. The molecule has 1 radical (unpaired) electrons. The number of nitrogens with one attached hydrogen (secondary N) is 1. The smallest absolute Gasteiger partial charge is 0.245 e. The first-order valence-electron chi connectivity index (χ1n) is 12.4. The predicted octanol–water partition coefficient (Wildman–Crippen LogP) is 2.68. The zero-order valence-corrected chi connectivity index (χ0v) is 21.5. The lowest BCUT2D eigenvalue weighted by Crippen LogP contribution is -2.52. The van der Waals surface area contributed by atoms with Crippen molar-refractivity contribution in [3.63, 3.8) is 0 Å². The maximum Gasteiger partial charge on any atom is 0.245 e. The summed E-state index contributed by atoms with van der Waals surface area (Å²) in [6.07, 6.45) is 3.41. The molecular weight excluding hydrogens is 472 g/mol. The number of nitrogens with two attached hydrogens (primary N) is 1. The molecular formula is C28H35N4O5. The predicted molar refractivity (Wildman–Crippen MR) is 140 cm³/mol. The lowest BCUT2D eigenvalue weighted by molar-refractivity contribution is -0.140. The summed E-state index contributed by atoms with van der Waals surface area (Å²) in [5.74, 6) is 0.211. The third kappa shape index (κ3) is 7.55. The number of carbonyl (C=O) groups excluding carboxylic acids is 3. The fraction of sp³-hybridized carbons (Fsp3) is 0.393. The zero-order chi connectivity index (χ0) is 26.9. The van der Waals surface area contributed by atoms with Crippen molar-refractivity contribution in [1.29, 1.82) is 0 Å². The van der Waals surface area contributed by atoms with Gasteiger partial charge in [-0.3, -0.25) is 14.4 Å². The van der Waals surface area contributed by atoms with Crippen molar-refractivity contribution in [3.05, 3.63) is 71.6 Å². The van der Waals surface area contributed by atoms with Gasteiger partial charge in [0, 0.05) is 12.1 Å². The molecule has 2 atom stereocenters. The molecule has 2 amide bonds. The second-order valence-electron chi connectivity index (χ2n) is 9.62. The number of likely N-dealkylation sites (tertiary alicyclic amines) is 1. The Morgan fingerprint density at radius 1 is 1.16 bits per heavy atom. The van der Waals surface area contributed by atoms with Crippen molar-refractivity contribution in [3.8, 4) is 5.75 Å². The van der Waals surface area contributed by atoms with Crippen LogP contribution in [0.3, 0.4) is 0 Å². The van der Waals surface area contributed by atoms with E-state index in [0.717, 1.165) is 5.56 Å². The summed E-state index contributed by atoms with van der Waals surface area (Å²) in [4.78, 5) is 41.1. The molecule has 1 aliphatic rings. The summed E-state index contributed by atoms with van der Waals surface area (Å²) >= 11 is 0. The minimum absolute atomic E-state index is 0.0179. The Morgan fingerprint density at radius 2 is 1.84 bits per heavy atom. The van der Waals surface area contributed by atoms with Gasteiger partial charge in [0.25, 0.3) is 0 Å². The molecule has 1 saturated heterocycles. The second kappa shape index (κ2) is 12.9. The lowest BCUT2D eigenvalue weighted by atomic mass is 9.98. The highest BCUT2D eigenvalue weighted by molar-refractivity contribution is 6.00. The molecule has 2 aromatic rings. The van der Waals surface area contributed by atoms with Crippen LogP contribution in [0.5, 0.6) is 5.75 Å². The Balaban J connectivity index is 1.66. The van der Waals surface area contributed by atoms with Crippen LogP contribution in [0.1, 0.15) is 49.8 Å². The number of amidine groups is 1. The Bertz CT molecular complexity index is 1110. The molecule has 0 aromatic heterocycles. The van der Waals surface area contributed by atoms with Crippen molar-refractivity contribution >= 4 is 23.4 Å². The summed E-state index contributed by atoms with van der Waals surface area (Å²) in [7, 11) is 1.58. The molecule has 1 heterocycles. The molecule has 2 aromatic carbocycles. The lowest BCUT2D eigenvalue weighted by Gasteiger charge is -2.29. The van der Waals surface area contributed by atoms with Gasteiger partial charge in [-0.1, -0.05) is 55.4 Å². The summed E-state index contributed by atoms with van der Waals surface area (Å²) in [5.41, 5.74) is 7.60. The number of oxime groups is 1. The van der Waals surface area contributed by atoms with Crippen molar-refractivity contribution in [2.45, 2.75) is 51.6 Å². The topological polar surface area (TPSA) is 134 Å². The standard InChI is InChI=1S/C28H35N4O5/c1-18(2)15-23(30-26(34)17-20-8-12-22(37-3)13-9-20)28(35)32-14-4-5-24(32)25(33)16-19-6-10-21(11-7-19)27(29)31-36/h6-13,16,18,23-24,36H,4-5,14-15,17H2,1-3H3,(H2,29,31)(H,30,34)/t23-,24+/m1/s1. The second-order valence-corrected chi connectivity index (χ2v) is 9.62. The average molecular weight is 508 g/mol. The van der Waals surface area contributed by atoms with Crippen LogP contribution in [0, 0.1) is 12.3 Å². The van der Waals surface area contributed by atoms with Gasteiger partial charge in [-0.2, -0.15) is 0 Å². The SMILES string of the molecule is COc1ccc(CC(=O)N[C@H](CC(C)C)C(=O)N2CCC[C@H]2C(=O)[CH]c2ccc(C(N)=NO)cc2)cc1. The highest BCUT2D eigenvalue weighted by Gasteiger charge is 2.37. The van der Waals surface area contributed by atoms with Crippen LogP contribution in [0.15, 0.2) is 53.7 Å². The number of ketones is 1. The maximum absolute atomic E-state index is 13.6. The molecule has 37 heavy (non-hydrogen) atoms. The van der Waals surface area contributed by atoms with Gasteiger partial charge in [0.2, 0.25) is 11.8 Å². The van der Waals surface area contributed by atoms with E-state index in [1.165, 1.54) is 6.42 Å². The highest BCUT2D eigenvalue weighted by atomic mass is 16.5. The number of methoxy groups -OCH3 is 1. The van der Waals surface area contributed by atoms with Crippen molar-refractivity contribution in [2.75, 3.05) is 13.7 Å². The minimum atomic E-state index is -0.709. The van der Waals surface area contributed by atoms with Gasteiger partial charge in [-0.25, -0.2) is 0 Å². The number of ether oxygens (including phenoxy) is 1. The van der Waals surface area contributed by atoms with Gasteiger partial charge in [0.05, 0.1) is 26.0 Å². The van der Waals surface area contributed by atoms with E-state index in [9.17, 15) is 14.4 Å². The van der Waals surface area contributed by atoms with Crippen LogP contribution < -0.4 is 15.8 Å². The largest absolute Gasteiger partial charge is 0.497 e. The van der Waals surface area contributed by atoms with E-state index < -0.39 is 12.1 Å². The normalized spacial score (nSPS) is 16.5. The number of benzene rings is 2. The van der Waals surface area contributed by atoms with E-state index in [1.807, 2.05) is 26.0 Å². The van der Waals surface area contributed by atoms with Gasteiger partial charge in [-0.05, 0) is 48.4 Å². The van der Waals surface area contributed by atoms with Crippen LogP contribution in [0.2, 0.25) is 0 Å². The van der Waals surface area contributed by atoms with Gasteiger partial charge >= 0.3 is 0 Å². The number of Topliss-reactive ketones (excluding diaryl/α,β-unsaturated/α-hetero) is 1. The summed E-state index contributed by atoms with van der Waals surface area (Å²) in [6.45, 7) is 4.46. The number of carbonyl (C=O) groups is 3. The van der Waals surface area contributed by atoms with E-state index >= 15 is 0 Å². The van der Waals surface area contributed by atoms with E-state index in [-0.39, 0.29) is 35.8 Å². The van der Waals surface area contributed by atoms with Gasteiger partial charge < -0.3 is 25.9 Å². The van der Waals surface area contributed by atoms with Crippen molar-refractivity contribution in [2.24, 2.45) is 16.8 Å². The first kappa shape index (κ1) is 27.7. The summed E-state index contributed by atoms with van der Waals surface area (Å²) in [6, 6.07) is 12.6. The molecule has 197 valence electrons. The molecule has 3 rings (SSSR count). The Hall–Kier alpha value is -3.88. The van der Waals surface area contributed by atoms with Crippen molar-refractivity contribution in [1.82, 2.24) is 10.2 Å². The molecule has 1 aliphatic heterocycles. The average Bonchev–Trinajstić information content (AvgIpc) is 3.38. The van der Waals surface area contributed by atoms with E-state index in [2.05, 4.69) is 10.5 Å². The van der Waals surface area contributed by atoms with E-state index in [0.29, 0.717) is 42.7 Å². The van der Waals surface area contributed by atoms with Crippen molar-refractivity contribution < 1.29 is 24.3 Å². The summed E-state index contributed by atoms with van der Waals surface area (Å²) in [5, 5.41) is 14.7. The molecule has 0 saturated carbocycles. The first-order valence-corrected chi connectivity index (χ1v) is 12.4. The van der Waals surface area contributed by atoms with Gasteiger partial charge in [0.1, 0.15) is 11.8 Å². The Labute approximate surface area is 217 Å². The first-order chi connectivity index (χ1) is 17.7. The quantitative estimate of drug-likeness (QED) is 0.185. The molecule has 1 fully saturated rings. The van der Waals surface area contributed by atoms with Crippen LogP contribution in [-0.4, -0.2) is 59.3 Å². The fourth-order valence-corrected chi connectivity index (χ4v) is 4.46. The monoisotopic (exact) mass is 507 g/mol. The summed E-state index contributed by atoms with van der Waals surface area (Å²) < 4.78 is 5.16. The van der Waals surface area contributed by atoms with Crippen LogP contribution in [0.4, 0.5) is 0 Å². The number of amides is 2. The number of hydrogen-bond acceptors (Lipinski definition) is 6. The molecule has 0 spiro atoms. The number of rotatable bonds is 11. The van der Waals surface area contributed by atoms with Gasteiger partial charge in [-0.15, -0.1) is 0 Å². The van der Waals surface area contributed by atoms with E-state index in [1.54, 1.807) is 48.4 Å². The zero-order valence-electron chi connectivity index (χ0n) is 21.5. The number of nitrogens with zero attached hydrogens (tertiary/aromatic N) is 2. The van der Waals surface area contributed by atoms with Crippen LogP contribution in [0.25, 0.3) is 0 Å². The van der Waals surface area contributed by atoms with Gasteiger partial charge in [0.15, 0.2) is 11.6 Å². The molecule has 4 N–H and O–H groups in total. The molecule has 0 bridgehead atoms. The molecule has 0 unspecified atom stereocenters. The third-order valence-electron chi connectivity index (χ3n) is 6.35. The maximum atomic E-state index is 13.6. The molecule has 9 nitrogen and oxygen atoms in total. The van der Waals surface area contributed by atoms with E-state index in [4.69, 9.17) is 15.7 Å². The highest BCUT2D eigenvalue weighted by Crippen LogP contribution is 2.23. The minimum Gasteiger partial charge on any atom is -0.497 e. The Kier molecular flexibility index (Phi) is 9.65. The third-order valence-corrected chi connectivity index (χ3v) is 6.35. The fourth-order valence-electron chi connectivity index (χ4n) is 4.46. The molecule has 9 heteroatoms.